The van der Waals surface area contributed by atoms with Crippen molar-refractivity contribution in [1.82, 2.24) is 14.8 Å². The Balaban J connectivity index is 1.68. The predicted octanol–water partition coefficient (Wildman–Crippen LogP) is 2.62. The normalized spacial score (nSPS) is 27.8. The van der Waals surface area contributed by atoms with Gasteiger partial charge in [-0.25, -0.2) is 4.72 Å². The first-order valence-corrected chi connectivity index (χ1v) is 12.1. The van der Waals surface area contributed by atoms with Crippen LogP contribution in [-0.4, -0.2) is 33.0 Å². The molecule has 1 aliphatic heterocycles. The molecule has 1 spiro atoms. The monoisotopic (exact) mass is 427 g/mol. The second-order valence-corrected chi connectivity index (χ2v) is 9.85. The number of nitrogens with one attached hydrogen (secondary N) is 3. The van der Waals surface area contributed by atoms with Crippen LogP contribution >= 0.6 is 0 Å². The van der Waals surface area contributed by atoms with Crippen LogP contribution in [-0.2, 0) is 21.4 Å². The van der Waals surface area contributed by atoms with Gasteiger partial charge in [0.2, 0.25) is 5.91 Å². The molecule has 3 N–H and O–H groups in total. The largest absolute Gasteiger partial charge is 0.356 e. The van der Waals surface area contributed by atoms with E-state index >= 15 is 0 Å². The van der Waals surface area contributed by atoms with Crippen molar-refractivity contribution < 1.29 is 13.2 Å². The molecule has 160 valence electrons. The molecule has 1 heterocycles. The van der Waals surface area contributed by atoms with Crippen molar-refractivity contribution in [2.75, 3.05) is 13.1 Å². The topological polar surface area (TPSA) is 87.3 Å². The van der Waals surface area contributed by atoms with Crippen LogP contribution in [0.15, 0.2) is 54.6 Å². The smallest absolute Gasteiger partial charge is 0.277 e. The maximum Gasteiger partial charge on any atom is 0.277 e. The minimum absolute atomic E-state index is 0.0203. The van der Waals surface area contributed by atoms with Crippen molar-refractivity contribution >= 4 is 16.1 Å². The molecule has 30 heavy (non-hydrogen) atoms. The van der Waals surface area contributed by atoms with Gasteiger partial charge in [0.1, 0.15) is 0 Å². The van der Waals surface area contributed by atoms with Crippen LogP contribution in [0.4, 0.5) is 0 Å². The number of rotatable bonds is 5. The fourth-order valence-corrected chi connectivity index (χ4v) is 6.42. The molecule has 0 aromatic heterocycles. The van der Waals surface area contributed by atoms with Gasteiger partial charge in [0.25, 0.3) is 10.2 Å². The van der Waals surface area contributed by atoms with E-state index in [1.807, 2.05) is 31.2 Å². The summed E-state index contributed by atoms with van der Waals surface area (Å²) in [7, 11) is -3.52. The van der Waals surface area contributed by atoms with Crippen molar-refractivity contribution in [2.45, 2.75) is 38.1 Å². The average Bonchev–Trinajstić information content (AvgIpc) is 3.05. The van der Waals surface area contributed by atoms with Gasteiger partial charge in [-0.3, -0.25) is 4.79 Å². The van der Waals surface area contributed by atoms with Crippen LogP contribution in [0.3, 0.4) is 0 Å². The summed E-state index contributed by atoms with van der Waals surface area (Å²) in [4.78, 5) is 12.9. The van der Waals surface area contributed by atoms with Crippen LogP contribution in [0.1, 0.15) is 31.7 Å². The maximum absolute atomic E-state index is 12.9. The first-order valence-electron chi connectivity index (χ1n) is 10.6. The number of hydrogen-bond donors (Lipinski definition) is 3. The Hall–Kier alpha value is -2.22. The summed E-state index contributed by atoms with van der Waals surface area (Å²) in [5, 5.41) is 2.96. The molecule has 6 nitrogen and oxygen atoms in total. The van der Waals surface area contributed by atoms with Gasteiger partial charge in [0.05, 0.1) is 5.54 Å². The number of carbonyl (C=O) groups is 1. The molecule has 7 heteroatoms. The van der Waals surface area contributed by atoms with Gasteiger partial charge in [-0.2, -0.15) is 13.1 Å². The zero-order chi connectivity index (χ0) is 21.2. The fourth-order valence-electron chi connectivity index (χ4n) is 5.04. The van der Waals surface area contributed by atoms with Crippen molar-refractivity contribution in [3.8, 4) is 11.1 Å². The first-order chi connectivity index (χ1) is 14.4. The van der Waals surface area contributed by atoms with Gasteiger partial charge in [-0.1, -0.05) is 61.0 Å². The highest BCUT2D eigenvalue weighted by Crippen LogP contribution is 2.42. The van der Waals surface area contributed by atoms with Crippen molar-refractivity contribution in [3.05, 3.63) is 60.2 Å². The maximum atomic E-state index is 12.9. The lowest BCUT2D eigenvalue weighted by molar-refractivity contribution is -0.129. The summed E-state index contributed by atoms with van der Waals surface area (Å²) >= 11 is 0. The lowest BCUT2D eigenvalue weighted by Crippen LogP contribution is -2.58. The van der Waals surface area contributed by atoms with Gasteiger partial charge < -0.3 is 5.32 Å². The quantitative estimate of drug-likeness (QED) is 0.686. The lowest BCUT2D eigenvalue weighted by Gasteiger charge is -2.44. The second kappa shape index (κ2) is 8.49. The summed E-state index contributed by atoms with van der Waals surface area (Å²) in [6.07, 6.45) is 2.98. The van der Waals surface area contributed by atoms with Crippen LogP contribution in [0.25, 0.3) is 11.1 Å². The average molecular weight is 428 g/mol. The SMILES string of the molecule is CCNC(=O)C1CCCC2(CNS(=O)(=O)N2)C1Cc1cccc(-c2ccccc2)c1. The van der Waals surface area contributed by atoms with E-state index in [1.54, 1.807) is 0 Å². The number of benzene rings is 2. The zero-order valence-electron chi connectivity index (χ0n) is 17.2. The Labute approximate surface area is 178 Å². The molecule has 4 rings (SSSR count). The molecule has 3 atom stereocenters. The summed E-state index contributed by atoms with van der Waals surface area (Å²) in [5.74, 6) is -0.317. The summed E-state index contributed by atoms with van der Waals surface area (Å²) in [6, 6.07) is 18.5. The summed E-state index contributed by atoms with van der Waals surface area (Å²) in [6.45, 7) is 2.81. The molecule has 1 aliphatic carbocycles. The number of carbonyl (C=O) groups excluding carboxylic acids is 1. The van der Waals surface area contributed by atoms with Gasteiger partial charge in [0, 0.05) is 19.0 Å². The zero-order valence-corrected chi connectivity index (χ0v) is 18.0. The second-order valence-electron chi connectivity index (χ2n) is 8.35. The molecule has 0 bridgehead atoms. The van der Waals surface area contributed by atoms with Crippen LogP contribution in [0.2, 0.25) is 0 Å². The van der Waals surface area contributed by atoms with Crippen LogP contribution < -0.4 is 14.8 Å². The third-order valence-corrected chi connectivity index (χ3v) is 7.63. The van der Waals surface area contributed by atoms with Gasteiger partial charge >= 0.3 is 0 Å². The molecule has 2 aromatic carbocycles. The van der Waals surface area contributed by atoms with E-state index in [-0.39, 0.29) is 17.7 Å². The summed E-state index contributed by atoms with van der Waals surface area (Å²) < 4.78 is 29.9. The van der Waals surface area contributed by atoms with E-state index in [0.717, 1.165) is 36.0 Å². The summed E-state index contributed by atoms with van der Waals surface area (Å²) in [5.41, 5.74) is 2.75. The van der Waals surface area contributed by atoms with Gasteiger partial charge in [-0.05, 0) is 48.8 Å². The molecular formula is C23H29N3O3S. The Bertz CT molecular complexity index is 1010. The minimum Gasteiger partial charge on any atom is -0.356 e. The fraction of sp³-hybridized carbons (Fsp3) is 0.435. The molecule has 1 saturated heterocycles. The van der Waals surface area contributed by atoms with E-state index in [9.17, 15) is 13.2 Å². The van der Waals surface area contributed by atoms with E-state index in [2.05, 4.69) is 45.1 Å². The van der Waals surface area contributed by atoms with Crippen LogP contribution in [0.5, 0.6) is 0 Å². The lowest BCUT2D eigenvalue weighted by atomic mass is 9.64. The highest BCUT2D eigenvalue weighted by molar-refractivity contribution is 7.87. The van der Waals surface area contributed by atoms with Crippen molar-refractivity contribution in [3.63, 3.8) is 0 Å². The van der Waals surface area contributed by atoms with Crippen molar-refractivity contribution in [2.24, 2.45) is 11.8 Å². The Morgan fingerprint density at radius 2 is 1.90 bits per heavy atom. The number of hydrogen-bond acceptors (Lipinski definition) is 3. The van der Waals surface area contributed by atoms with Crippen LogP contribution in [0, 0.1) is 11.8 Å². The molecule has 0 radical (unpaired) electrons. The van der Waals surface area contributed by atoms with E-state index < -0.39 is 15.7 Å². The molecule has 1 amide bonds. The minimum atomic E-state index is -3.52. The molecule has 2 aliphatic rings. The molecular weight excluding hydrogens is 398 g/mol. The Morgan fingerprint density at radius 1 is 1.13 bits per heavy atom. The third-order valence-electron chi connectivity index (χ3n) is 6.43. The molecule has 1 saturated carbocycles. The molecule has 2 fully saturated rings. The Morgan fingerprint density at radius 3 is 2.60 bits per heavy atom. The van der Waals surface area contributed by atoms with E-state index in [4.69, 9.17) is 0 Å². The number of amides is 1. The first kappa shape index (κ1) is 21.0. The third kappa shape index (κ3) is 4.29. The van der Waals surface area contributed by atoms with E-state index in [1.165, 1.54) is 0 Å². The van der Waals surface area contributed by atoms with Gasteiger partial charge in [-0.15, -0.1) is 0 Å². The standard InChI is InChI=1S/C23H29N3O3S/c1-2-24-22(27)20-12-7-13-23(16-25-30(28,29)26-23)21(20)15-17-8-6-11-19(14-17)18-9-4-3-5-10-18/h3-6,8-11,14,20-21,25-26H,2,7,12-13,15-16H2,1H3,(H,24,27). The molecule has 2 aromatic rings. The molecule has 3 unspecified atom stereocenters. The van der Waals surface area contributed by atoms with E-state index in [0.29, 0.717) is 19.5 Å². The van der Waals surface area contributed by atoms with Gasteiger partial charge in [0.15, 0.2) is 0 Å². The van der Waals surface area contributed by atoms with Crippen molar-refractivity contribution in [1.29, 1.82) is 0 Å². The highest BCUT2D eigenvalue weighted by Gasteiger charge is 2.52. The predicted molar refractivity (Wildman–Crippen MR) is 118 cm³/mol. The Kier molecular flexibility index (Phi) is 5.95. The highest BCUT2D eigenvalue weighted by atomic mass is 32.2.